The van der Waals surface area contributed by atoms with E-state index in [1.807, 2.05) is 0 Å². The van der Waals surface area contributed by atoms with Gasteiger partial charge in [-0.05, 0) is 41.0 Å². The molecule has 1 aromatic carbocycles. The SMILES string of the molecule is Cc1cccc(C)c1CSc1nnnn1CCO. The van der Waals surface area contributed by atoms with E-state index in [0.29, 0.717) is 6.54 Å². The van der Waals surface area contributed by atoms with Crippen LogP contribution in [0.1, 0.15) is 16.7 Å². The maximum atomic E-state index is 8.91. The number of aromatic nitrogens is 4. The van der Waals surface area contributed by atoms with Crippen molar-refractivity contribution in [2.75, 3.05) is 6.61 Å². The Balaban J connectivity index is 2.09. The molecule has 1 N–H and O–H groups in total. The second-order valence-electron chi connectivity index (χ2n) is 4.07. The van der Waals surface area contributed by atoms with Crippen LogP contribution in [0, 0.1) is 13.8 Å². The minimum atomic E-state index is 0.0436. The number of benzene rings is 1. The molecule has 0 saturated carbocycles. The summed E-state index contributed by atoms with van der Waals surface area (Å²) in [5.41, 5.74) is 3.88. The number of aliphatic hydroxyl groups is 1. The molecule has 2 rings (SSSR count). The van der Waals surface area contributed by atoms with Gasteiger partial charge in [0.15, 0.2) is 0 Å². The summed E-state index contributed by atoms with van der Waals surface area (Å²) in [7, 11) is 0. The van der Waals surface area contributed by atoms with Gasteiger partial charge in [-0.25, -0.2) is 4.68 Å². The summed E-state index contributed by atoms with van der Waals surface area (Å²) in [5, 5.41) is 21.1. The second-order valence-corrected chi connectivity index (χ2v) is 5.01. The lowest BCUT2D eigenvalue weighted by atomic mass is 10.1. The van der Waals surface area contributed by atoms with Crippen molar-refractivity contribution < 1.29 is 5.11 Å². The fourth-order valence-electron chi connectivity index (χ4n) is 1.75. The molecule has 0 aliphatic carbocycles. The molecule has 0 amide bonds. The molecule has 5 nitrogen and oxygen atoms in total. The summed E-state index contributed by atoms with van der Waals surface area (Å²) >= 11 is 1.59. The number of thioether (sulfide) groups is 1. The number of tetrazole rings is 1. The van der Waals surface area contributed by atoms with Gasteiger partial charge in [0.25, 0.3) is 0 Å². The molecular formula is C12H16N4OS. The number of rotatable bonds is 5. The van der Waals surface area contributed by atoms with Crippen molar-refractivity contribution in [2.24, 2.45) is 0 Å². The molecule has 0 aliphatic heterocycles. The third-order valence-electron chi connectivity index (χ3n) is 2.80. The van der Waals surface area contributed by atoms with Gasteiger partial charge in [0.05, 0.1) is 13.2 Å². The number of aryl methyl sites for hydroxylation is 2. The number of nitrogens with zero attached hydrogens (tertiary/aromatic N) is 4. The van der Waals surface area contributed by atoms with Crippen LogP contribution in [0.5, 0.6) is 0 Å². The molecule has 96 valence electrons. The van der Waals surface area contributed by atoms with Crippen LogP contribution >= 0.6 is 11.8 Å². The molecule has 0 aliphatic rings. The van der Waals surface area contributed by atoms with Gasteiger partial charge in [0.2, 0.25) is 5.16 Å². The van der Waals surface area contributed by atoms with Gasteiger partial charge in [-0.2, -0.15) is 0 Å². The van der Waals surface area contributed by atoms with Crippen molar-refractivity contribution in [1.29, 1.82) is 0 Å². The highest BCUT2D eigenvalue weighted by Crippen LogP contribution is 2.24. The van der Waals surface area contributed by atoms with Crippen molar-refractivity contribution in [3.8, 4) is 0 Å². The quantitative estimate of drug-likeness (QED) is 0.831. The van der Waals surface area contributed by atoms with E-state index in [9.17, 15) is 0 Å². The van der Waals surface area contributed by atoms with E-state index in [1.165, 1.54) is 16.7 Å². The van der Waals surface area contributed by atoms with E-state index in [1.54, 1.807) is 16.4 Å². The van der Waals surface area contributed by atoms with Crippen molar-refractivity contribution in [2.45, 2.75) is 31.3 Å². The van der Waals surface area contributed by atoms with E-state index in [0.717, 1.165) is 10.9 Å². The van der Waals surface area contributed by atoms with E-state index >= 15 is 0 Å². The van der Waals surface area contributed by atoms with E-state index in [-0.39, 0.29) is 6.61 Å². The van der Waals surface area contributed by atoms with Crippen molar-refractivity contribution in [3.05, 3.63) is 34.9 Å². The van der Waals surface area contributed by atoms with Crippen LogP contribution < -0.4 is 0 Å². The molecule has 0 fully saturated rings. The maximum absolute atomic E-state index is 8.91. The minimum absolute atomic E-state index is 0.0436. The molecule has 1 heterocycles. The lowest BCUT2D eigenvalue weighted by Gasteiger charge is -2.08. The molecule has 18 heavy (non-hydrogen) atoms. The Hall–Kier alpha value is -1.40. The van der Waals surface area contributed by atoms with Gasteiger partial charge in [-0.3, -0.25) is 0 Å². The Morgan fingerprint density at radius 3 is 2.67 bits per heavy atom. The summed E-state index contributed by atoms with van der Waals surface area (Å²) in [6.07, 6.45) is 0. The molecule has 0 saturated heterocycles. The maximum Gasteiger partial charge on any atom is 0.209 e. The molecule has 0 atom stereocenters. The molecule has 6 heteroatoms. The predicted molar refractivity (Wildman–Crippen MR) is 70.4 cm³/mol. The van der Waals surface area contributed by atoms with Crippen LogP contribution in [0.15, 0.2) is 23.4 Å². The highest BCUT2D eigenvalue weighted by molar-refractivity contribution is 7.98. The highest BCUT2D eigenvalue weighted by atomic mass is 32.2. The molecule has 0 unspecified atom stereocenters. The van der Waals surface area contributed by atoms with Gasteiger partial charge in [-0.1, -0.05) is 30.0 Å². The van der Waals surface area contributed by atoms with Crippen LogP contribution in [0.2, 0.25) is 0 Å². The first kappa shape index (κ1) is 13.0. The van der Waals surface area contributed by atoms with Crippen molar-refractivity contribution >= 4 is 11.8 Å². The predicted octanol–water partition coefficient (Wildman–Crippen LogP) is 1.57. The summed E-state index contributed by atoms with van der Waals surface area (Å²) in [6.45, 7) is 4.70. The lowest BCUT2D eigenvalue weighted by molar-refractivity contribution is 0.262. The molecule has 0 radical (unpaired) electrons. The number of hydrogen-bond acceptors (Lipinski definition) is 5. The zero-order valence-electron chi connectivity index (χ0n) is 10.5. The first-order valence-electron chi connectivity index (χ1n) is 5.77. The third kappa shape index (κ3) is 2.88. The van der Waals surface area contributed by atoms with Crippen LogP contribution in [0.25, 0.3) is 0 Å². The summed E-state index contributed by atoms with van der Waals surface area (Å²) in [6, 6.07) is 6.29. The van der Waals surface area contributed by atoms with Crippen LogP contribution in [-0.4, -0.2) is 31.9 Å². The Morgan fingerprint density at radius 2 is 2.00 bits per heavy atom. The Morgan fingerprint density at radius 1 is 1.28 bits per heavy atom. The fourth-order valence-corrected chi connectivity index (χ4v) is 2.85. The van der Waals surface area contributed by atoms with Gasteiger partial charge in [0.1, 0.15) is 0 Å². The first-order valence-corrected chi connectivity index (χ1v) is 6.76. The topological polar surface area (TPSA) is 63.8 Å². The monoisotopic (exact) mass is 264 g/mol. The van der Waals surface area contributed by atoms with Crippen LogP contribution in [-0.2, 0) is 12.3 Å². The van der Waals surface area contributed by atoms with Gasteiger partial charge in [-0.15, -0.1) is 5.10 Å². The van der Waals surface area contributed by atoms with E-state index < -0.39 is 0 Å². The molecule has 1 aromatic heterocycles. The average Bonchev–Trinajstić information content (AvgIpc) is 2.77. The zero-order chi connectivity index (χ0) is 13.0. The summed E-state index contributed by atoms with van der Waals surface area (Å²) in [4.78, 5) is 0. The smallest absolute Gasteiger partial charge is 0.209 e. The van der Waals surface area contributed by atoms with Crippen molar-refractivity contribution in [1.82, 2.24) is 20.2 Å². The highest BCUT2D eigenvalue weighted by Gasteiger charge is 2.08. The fraction of sp³-hybridized carbons (Fsp3) is 0.417. The summed E-state index contributed by atoms with van der Waals surface area (Å²) in [5.74, 6) is 0.838. The van der Waals surface area contributed by atoms with Gasteiger partial charge in [0, 0.05) is 5.75 Å². The third-order valence-corrected chi connectivity index (χ3v) is 3.78. The molecular weight excluding hydrogens is 248 g/mol. The van der Waals surface area contributed by atoms with Gasteiger partial charge >= 0.3 is 0 Å². The second kappa shape index (κ2) is 5.97. The Kier molecular flexibility index (Phi) is 4.33. The summed E-state index contributed by atoms with van der Waals surface area (Å²) < 4.78 is 1.62. The first-order chi connectivity index (χ1) is 8.72. The standard InChI is InChI=1S/C12H16N4OS/c1-9-4-3-5-10(2)11(9)8-18-12-13-14-15-16(12)6-7-17/h3-5,17H,6-8H2,1-2H3. The molecule has 2 aromatic rings. The lowest BCUT2D eigenvalue weighted by Crippen LogP contribution is -2.05. The molecule has 0 bridgehead atoms. The normalized spacial score (nSPS) is 10.8. The van der Waals surface area contributed by atoms with Crippen LogP contribution in [0.3, 0.4) is 0 Å². The largest absolute Gasteiger partial charge is 0.394 e. The molecule has 0 spiro atoms. The van der Waals surface area contributed by atoms with E-state index in [2.05, 4.69) is 47.6 Å². The Bertz CT molecular complexity index is 506. The number of aliphatic hydroxyl groups excluding tert-OH is 1. The van der Waals surface area contributed by atoms with E-state index in [4.69, 9.17) is 5.11 Å². The zero-order valence-corrected chi connectivity index (χ0v) is 11.3. The average molecular weight is 264 g/mol. The van der Waals surface area contributed by atoms with Crippen molar-refractivity contribution in [3.63, 3.8) is 0 Å². The number of hydrogen-bond donors (Lipinski definition) is 1. The van der Waals surface area contributed by atoms with Crippen LogP contribution in [0.4, 0.5) is 0 Å². The minimum Gasteiger partial charge on any atom is -0.394 e. The Labute approximate surface area is 110 Å². The van der Waals surface area contributed by atoms with Gasteiger partial charge < -0.3 is 5.11 Å².